The van der Waals surface area contributed by atoms with Gasteiger partial charge in [0.15, 0.2) is 0 Å². The first-order chi connectivity index (χ1) is 15.2. The Bertz CT molecular complexity index is 923. The highest BCUT2D eigenvalue weighted by atomic mass is 16.5. The number of nitrogens with zero attached hydrogens (tertiary/aromatic N) is 3. The van der Waals surface area contributed by atoms with Gasteiger partial charge < -0.3 is 19.9 Å². The van der Waals surface area contributed by atoms with Crippen LogP contribution in [0.4, 0.5) is 10.5 Å². The number of urea groups is 1. The third-order valence-electron chi connectivity index (χ3n) is 6.66. The largest absolute Gasteiger partial charge is 0.368 e. The number of piperidine rings is 1. The Kier molecular flexibility index (Phi) is 5.59. The number of hydrogen-bond acceptors (Lipinski definition) is 4. The van der Waals surface area contributed by atoms with Crippen LogP contribution in [-0.2, 0) is 22.6 Å². The third-order valence-corrected chi connectivity index (χ3v) is 6.66. The molecule has 31 heavy (non-hydrogen) atoms. The molecule has 0 radical (unpaired) electrons. The van der Waals surface area contributed by atoms with Gasteiger partial charge in [0.1, 0.15) is 6.10 Å². The molecule has 0 spiro atoms. The van der Waals surface area contributed by atoms with E-state index in [1.54, 1.807) is 11.1 Å². The normalized spacial score (nSPS) is 21.2. The van der Waals surface area contributed by atoms with Crippen LogP contribution in [0.15, 0.2) is 42.7 Å². The molecule has 2 aromatic rings. The standard InChI is InChI=1S/C24H28N4O3/c29-23(22-2-1-13-31-22)27-11-8-18(9-12-27)17-3-5-21(6-4-17)26-24(30)28-15-19-7-10-25-14-20(19)16-28/h3-7,10,14,18,22H,1-2,8-9,11-13,15-16H2,(H,26,30)/t22-/m0/s1. The van der Waals surface area contributed by atoms with E-state index in [0.29, 0.717) is 25.6 Å². The average Bonchev–Trinajstić information content (AvgIpc) is 3.49. The molecule has 2 fully saturated rings. The fourth-order valence-corrected chi connectivity index (χ4v) is 4.81. The summed E-state index contributed by atoms with van der Waals surface area (Å²) >= 11 is 0. The van der Waals surface area contributed by atoms with Gasteiger partial charge in [0.25, 0.3) is 5.91 Å². The van der Waals surface area contributed by atoms with E-state index in [1.165, 1.54) is 5.56 Å². The molecule has 0 aliphatic carbocycles. The predicted octanol–water partition coefficient (Wildman–Crippen LogP) is 3.51. The third kappa shape index (κ3) is 4.28. The van der Waals surface area contributed by atoms with Gasteiger partial charge in [-0.3, -0.25) is 9.78 Å². The maximum absolute atomic E-state index is 12.6. The van der Waals surface area contributed by atoms with Gasteiger partial charge in [-0.2, -0.15) is 0 Å². The topological polar surface area (TPSA) is 74.8 Å². The summed E-state index contributed by atoms with van der Waals surface area (Å²) in [5, 5.41) is 3.00. The summed E-state index contributed by atoms with van der Waals surface area (Å²) in [6.45, 7) is 3.48. The van der Waals surface area contributed by atoms with Crippen LogP contribution in [0.2, 0.25) is 0 Å². The molecule has 7 heteroatoms. The highest BCUT2D eigenvalue weighted by molar-refractivity contribution is 5.89. The molecule has 7 nitrogen and oxygen atoms in total. The van der Waals surface area contributed by atoms with Crippen LogP contribution in [0.25, 0.3) is 0 Å². The number of benzene rings is 1. The van der Waals surface area contributed by atoms with Gasteiger partial charge in [-0.1, -0.05) is 12.1 Å². The SMILES string of the molecule is O=C(Nc1ccc(C2CCN(C(=O)[C@@H]3CCCO3)CC2)cc1)N1Cc2ccncc2C1. The van der Waals surface area contributed by atoms with Crippen molar-refractivity contribution >= 4 is 17.6 Å². The quantitative estimate of drug-likeness (QED) is 0.825. The van der Waals surface area contributed by atoms with Crippen LogP contribution in [0.1, 0.15) is 48.3 Å². The molecule has 4 heterocycles. The van der Waals surface area contributed by atoms with E-state index in [9.17, 15) is 9.59 Å². The molecule has 5 rings (SSSR count). The summed E-state index contributed by atoms with van der Waals surface area (Å²) < 4.78 is 5.55. The number of nitrogens with one attached hydrogen (secondary N) is 1. The molecule has 0 unspecified atom stereocenters. The van der Waals surface area contributed by atoms with Crippen LogP contribution < -0.4 is 5.32 Å². The summed E-state index contributed by atoms with van der Waals surface area (Å²) in [5.74, 6) is 0.604. The van der Waals surface area contributed by atoms with Crippen molar-refractivity contribution in [2.24, 2.45) is 0 Å². The minimum Gasteiger partial charge on any atom is -0.368 e. The second-order valence-electron chi connectivity index (χ2n) is 8.65. The van der Waals surface area contributed by atoms with Gasteiger partial charge in [0.2, 0.25) is 0 Å². The predicted molar refractivity (Wildman–Crippen MR) is 116 cm³/mol. The lowest BCUT2D eigenvalue weighted by Crippen LogP contribution is -2.43. The summed E-state index contributed by atoms with van der Waals surface area (Å²) in [7, 11) is 0. The van der Waals surface area contributed by atoms with Crippen molar-refractivity contribution in [3.05, 3.63) is 59.4 Å². The zero-order chi connectivity index (χ0) is 21.2. The fourth-order valence-electron chi connectivity index (χ4n) is 4.81. The Balaban J connectivity index is 1.13. The molecule has 1 aromatic carbocycles. The molecular formula is C24H28N4O3. The van der Waals surface area contributed by atoms with Gasteiger partial charge in [-0.15, -0.1) is 0 Å². The Morgan fingerprint density at radius 3 is 2.45 bits per heavy atom. The van der Waals surface area contributed by atoms with E-state index >= 15 is 0 Å². The van der Waals surface area contributed by atoms with Crippen molar-refractivity contribution in [1.29, 1.82) is 0 Å². The maximum atomic E-state index is 12.6. The first-order valence-electron chi connectivity index (χ1n) is 11.2. The number of likely N-dealkylation sites (tertiary alicyclic amines) is 1. The Hall–Kier alpha value is -2.93. The highest BCUT2D eigenvalue weighted by Crippen LogP contribution is 2.30. The number of amides is 3. The molecule has 3 amide bonds. The van der Waals surface area contributed by atoms with Crippen LogP contribution in [-0.4, -0.2) is 52.5 Å². The average molecular weight is 421 g/mol. The van der Waals surface area contributed by atoms with Gasteiger partial charge in [-0.05, 0) is 66.5 Å². The summed E-state index contributed by atoms with van der Waals surface area (Å²) in [6, 6.07) is 10.0. The number of aromatic nitrogens is 1. The number of anilines is 1. The van der Waals surface area contributed by atoms with Crippen LogP contribution in [0, 0.1) is 0 Å². The molecule has 3 aliphatic rings. The number of carbonyl (C=O) groups is 2. The van der Waals surface area contributed by atoms with Crippen molar-refractivity contribution in [2.45, 2.75) is 50.8 Å². The van der Waals surface area contributed by atoms with E-state index < -0.39 is 0 Å². The second kappa shape index (κ2) is 8.67. The lowest BCUT2D eigenvalue weighted by atomic mass is 9.89. The maximum Gasteiger partial charge on any atom is 0.322 e. The number of fused-ring (bicyclic) bond motifs is 1. The number of ether oxygens (including phenoxy) is 1. The van der Waals surface area contributed by atoms with Crippen molar-refractivity contribution in [3.63, 3.8) is 0 Å². The Morgan fingerprint density at radius 1 is 0.968 bits per heavy atom. The van der Waals surface area contributed by atoms with E-state index in [1.807, 2.05) is 29.3 Å². The number of carbonyl (C=O) groups excluding carboxylic acids is 2. The molecule has 0 saturated carbocycles. The zero-order valence-electron chi connectivity index (χ0n) is 17.6. The van der Waals surface area contributed by atoms with Crippen molar-refractivity contribution < 1.29 is 14.3 Å². The summed E-state index contributed by atoms with van der Waals surface area (Å²) in [6.07, 6.45) is 7.14. The van der Waals surface area contributed by atoms with Crippen molar-refractivity contribution in [2.75, 3.05) is 25.0 Å². The van der Waals surface area contributed by atoms with Gasteiger partial charge in [-0.25, -0.2) is 4.79 Å². The first kappa shape index (κ1) is 20.0. The van der Waals surface area contributed by atoms with Gasteiger partial charge >= 0.3 is 6.03 Å². The zero-order valence-corrected chi connectivity index (χ0v) is 17.6. The molecule has 1 aromatic heterocycles. The van der Waals surface area contributed by atoms with E-state index in [4.69, 9.17) is 4.74 Å². The van der Waals surface area contributed by atoms with E-state index in [-0.39, 0.29) is 18.0 Å². The number of hydrogen-bond donors (Lipinski definition) is 1. The smallest absolute Gasteiger partial charge is 0.322 e. The summed E-state index contributed by atoms with van der Waals surface area (Å²) in [5.41, 5.74) is 4.33. The van der Waals surface area contributed by atoms with Gasteiger partial charge in [0, 0.05) is 50.9 Å². The summed E-state index contributed by atoms with van der Waals surface area (Å²) in [4.78, 5) is 33.0. The Labute approximate surface area is 182 Å². The van der Waals surface area contributed by atoms with Crippen LogP contribution in [0.5, 0.6) is 0 Å². The molecule has 1 N–H and O–H groups in total. The van der Waals surface area contributed by atoms with Gasteiger partial charge in [0.05, 0.1) is 0 Å². The number of rotatable bonds is 3. The fraction of sp³-hybridized carbons (Fsp3) is 0.458. The van der Waals surface area contributed by atoms with Crippen LogP contribution in [0.3, 0.4) is 0 Å². The Morgan fingerprint density at radius 2 is 1.74 bits per heavy atom. The van der Waals surface area contributed by atoms with Crippen LogP contribution >= 0.6 is 0 Å². The molecule has 2 saturated heterocycles. The molecule has 1 atom stereocenters. The van der Waals surface area contributed by atoms with Crippen molar-refractivity contribution in [3.8, 4) is 0 Å². The first-order valence-corrected chi connectivity index (χ1v) is 11.2. The van der Waals surface area contributed by atoms with E-state index in [2.05, 4.69) is 22.4 Å². The minimum atomic E-state index is -0.223. The van der Waals surface area contributed by atoms with E-state index in [0.717, 1.165) is 55.6 Å². The monoisotopic (exact) mass is 420 g/mol. The molecule has 0 bridgehead atoms. The molecule has 162 valence electrons. The second-order valence-corrected chi connectivity index (χ2v) is 8.65. The molecule has 3 aliphatic heterocycles. The highest BCUT2D eigenvalue weighted by Gasteiger charge is 2.31. The molecular weight excluding hydrogens is 392 g/mol. The lowest BCUT2D eigenvalue weighted by Gasteiger charge is -2.33. The van der Waals surface area contributed by atoms with Crippen molar-refractivity contribution in [1.82, 2.24) is 14.8 Å². The number of pyridine rings is 1. The minimum absolute atomic E-state index is 0.0927. The lowest BCUT2D eigenvalue weighted by molar-refractivity contribution is -0.142.